The lowest BCUT2D eigenvalue weighted by Gasteiger charge is -2.25. The van der Waals surface area contributed by atoms with Gasteiger partial charge in [0.05, 0.1) is 11.8 Å². The summed E-state index contributed by atoms with van der Waals surface area (Å²) in [6.45, 7) is 9.20. The van der Waals surface area contributed by atoms with Crippen molar-refractivity contribution in [3.8, 4) is 5.75 Å². The molecule has 0 fully saturated rings. The van der Waals surface area contributed by atoms with E-state index in [-0.39, 0.29) is 18.1 Å². The van der Waals surface area contributed by atoms with E-state index in [0.29, 0.717) is 11.4 Å². The van der Waals surface area contributed by atoms with E-state index in [0.717, 1.165) is 18.7 Å². The Morgan fingerprint density at radius 1 is 1.37 bits per heavy atom. The van der Waals surface area contributed by atoms with Crippen molar-refractivity contribution in [2.24, 2.45) is 5.41 Å². The Balaban J connectivity index is 2.69. The number of anilines is 2. The zero-order valence-corrected chi connectivity index (χ0v) is 12.4. The van der Waals surface area contributed by atoms with Gasteiger partial charge in [0.2, 0.25) is 0 Å². The summed E-state index contributed by atoms with van der Waals surface area (Å²) in [4.78, 5) is 0. The number of nitrogens with two attached hydrogens (primary N) is 1. The van der Waals surface area contributed by atoms with Crippen molar-refractivity contribution in [2.75, 3.05) is 24.2 Å². The van der Waals surface area contributed by atoms with Gasteiger partial charge in [0, 0.05) is 24.9 Å². The minimum absolute atomic E-state index is 0.0508. The number of ether oxygens (including phenoxy) is 1. The number of aliphatic hydroxyl groups excluding tert-OH is 1. The molecule has 4 N–H and O–H groups in total. The Labute approximate surface area is 116 Å². The predicted molar refractivity (Wildman–Crippen MR) is 80.6 cm³/mol. The molecule has 0 aliphatic carbocycles. The summed E-state index contributed by atoms with van der Waals surface area (Å²) in [6.07, 6.45) is 0.869. The van der Waals surface area contributed by atoms with Crippen LogP contribution in [0.5, 0.6) is 5.75 Å². The summed E-state index contributed by atoms with van der Waals surface area (Å²) in [5, 5.41) is 12.4. The molecule has 1 aromatic carbocycles. The molecule has 19 heavy (non-hydrogen) atoms. The highest BCUT2D eigenvalue weighted by Crippen LogP contribution is 2.28. The summed E-state index contributed by atoms with van der Waals surface area (Å²) in [6, 6.07) is 5.71. The molecule has 0 spiro atoms. The Morgan fingerprint density at radius 3 is 2.63 bits per heavy atom. The molecule has 0 radical (unpaired) electrons. The molecule has 0 heterocycles. The maximum absolute atomic E-state index is 9.01. The minimum atomic E-state index is 0.0508. The molecule has 4 nitrogen and oxygen atoms in total. The van der Waals surface area contributed by atoms with E-state index in [4.69, 9.17) is 15.6 Å². The van der Waals surface area contributed by atoms with E-state index in [2.05, 4.69) is 19.2 Å². The number of benzene rings is 1. The molecule has 0 atom stereocenters. The molecule has 0 aliphatic heterocycles. The second kappa shape index (κ2) is 6.66. The fourth-order valence-corrected chi connectivity index (χ4v) is 1.73. The zero-order valence-electron chi connectivity index (χ0n) is 12.4. The second-order valence-corrected chi connectivity index (χ2v) is 5.91. The van der Waals surface area contributed by atoms with Crippen LogP contribution < -0.4 is 15.8 Å². The van der Waals surface area contributed by atoms with E-state index in [1.807, 2.05) is 32.0 Å². The van der Waals surface area contributed by atoms with E-state index < -0.39 is 0 Å². The first-order chi connectivity index (χ1) is 8.84. The van der Waals surface area contributed by atoms with Crippen molar-refractivity contribution in [1.29, 1.82) is 0 Å². The second-order valence-electron chi connectivity index (χ2n) is 5.91. The van der Waals surface area contributed by atoms with Gasteiger partial charge < -0.3 is 20.9 Å². The Kier molecular flexibility index (Phi) is 5.48. The monoisotopic (exact) mass is 266 g/mol. The number of rotatable bonds is 7. The fraction of sp³-hybridized carbons (Fsp3) is 0.600. The van der Waals surface area contributed by atoms with Crippen LogP contribution in [-0.4, -0.2) is 24.4 Å². The van der Waals surface area contributed by atoms with E-state index in [1.54, 1.807) is 0 Å². The van der Waals surface area contributed by atoms with E-state index >= 15 is 0 Å². The van der Waals surface area contributed by atoms with Gasteiger partial charge in [-0.05, 0) is 37.8 Å². The van der Waals surface area contributed by atoms with Crippen molar-refractivity contribution in [3.05, 3.63) is 18.2 Å². The Hall–Kier alpha value is -1.42. The average Bonchev–Trinajstić information content (AvgIpc) is 2.29. The largest absolute Gasteiger partial charge is 0.489 e. The first kappa shape index (κ1) is 15.6. The maximum atomic E-state index is 9.01. The molecule has 4 heteroatoms. The van der Waals surface area contributed by atoms with Crippen LogP contribution in [0.1, 0.15) is 34.1 Å². The quantitative estimate of drug-likeness (QED) is 0.664. The lowest BCUT2D eigenvalue weighted by Crippen LogP contribution is -2.24. The van der Waals surface area contributed by atoms with Gasteiger partial charge in [-0.15, -0.1) is 0 Å². The predicted octanol–water partition coefficient (Wildman–Crippen LogP) is 2.88. The number of aliphatic hydroxyl groups is 1. The van der Waals surface area contributed by atoms with Gasteiger partial charge in [-0.3, -0.25) is 0 Å². The molecule has 1 aromatic rings. The Morgan fingerprint density at radius 2 is 2.05 bits per heavy atom. The van der Waals surface area contributed by atoms with Crippen molar-refractivity contribution >= 4 is 11.4 Å². The molecule has 0 bridgehead atoms. The van der Waals surface area contributed by atoms with Crippen LogP contribution in [0.25, 0.3) is 0 Å². The van der Waals surface area contributed by atoms with Crippen LogP contribution in [0.3, 0.4) is 0 Å². The third-order valence-electron chi connectivity index (χ3n) is 2.94. The van der Waals surface area contributed by atoms with Gasteiger partial charge in [0.25, 0.3) is 0 Å². The molecular formula is C15H26N2O2. The summed E-state index contributed by atoms with van der Waals surface area (Å²) in [7, 11) is 0. The van der Waals surface area contributed by atoms with Gasteiger partial charge in [-0.25, -0.2) is 0 Å². The first-order valence-corrected chi connectivity index (χ1v) is 6.75. The van der Waals surface area contributed by atoms with Crippen LogP contribution in [0.15, 0.2) is 18.2 Å². The molecule has 0 amide bonds. The van der Waals surface area contributed by atoms with Gasteiger partial charge in [-0.1, -0.05) is 13.8 Å². The average molecular weight is 266 g/mol. The fourth-order valence-electron chi connectivity index (χ4n) is 1.73. The van der Waals surface area contributed by atoms with Crippen LogP contribution in [-0.2, 0) is 0 Å². The summed E-state index contributed by atoms with van der Waals surface area (Å²) in [5.41, 5.74) is 7.56. The molecule has 108 valence electrons. The van der Waals surface area contributed by atoms with Crippen molar-refractivity contribution in [1.82, 2.24) is 0 Å². The highest BCUT2D eigenvalue weighted by Gasteiger charge is 2.16. The summed E-state index contributed by atoms with van der Waals surface area (Å²) < 4.78 is 5.66. The minimum Gasteiger partial charge on any atom is -0.489 e. The van der Waals surface area contributed by atoms with Crippen molar-refractivity contribution in [3.63, 3.8) is 0 Å². The van der Waals surface area contributed by atoms with E-state index in [1.165, 1.54) is 0 Å². The number of nitrogens with one attached hydrogen (secondary N) is 1. The lowest BCUT2D eigenvalue weighted by atomic mass is 9.89. The van der Waals surface area contributed by atoms with E-state index in [9.17, 15) is 0 Å². The highest BCUT2D eigenvalue weighted by molar-refractivity contribution is 5.61. The molecule has 0 unspecified atom stereocenters. The molecule has 1 rings (SSSR count). The van der Waals surface area contributed by atoms with Gasteiger partial charge in [0.15, 0.2) is 0 Å². The van der Waals surface area contributed by atoms with Crippen LogP contribution >= 0.6 is 0 Å². The molecule has 0 saturated carbocycles. The lowest BCUT2D eigenvalue weighted by molar-refractivity contribution is 0.220. The smallest absolute Gasteiger partial charge is 0.144 e. The number of hydrogen-bond acceptors (Lipinski definition) is 4. The third kappa shape index (κ3) is 5.39. The maximum Gasteiger partial charge on any atom is 0.144 e. The van der Waals surface area contributed by atoms with Crippen LogP contribution in [0.4, 0.5) is 11.4 Å². The Bertz CT molecular complexity index is 403. The van der Waals surface area contributed by atoms with Crippen LogP contribution in [0.2, 0.25) is 0 Å². The number of nitrogen functional groups attached to an aromatic ring is 1. The zero-order chi connectivity index (χ0) is 14.5. The summed E-state index contributed by atoms with van der Waals surface area (Å²) >= 11 is 0. The standard InChI is InChI=1S/C15H26N2O2/c1-11(2)19-14-9-12(5-6-13(14)16)17-10-15(3,4)7-8-18/h5-6,9,11,17-18H,7-8,10,16H2,1-4H3. The normalized spacial score (nSPS) is 11.7. The molecule has 0 aliphatic rings. The SMILES string of the molecule is CC(C)Oc1cc(NCC(C)(C)CCO)ccc1N. The van der Waals surface area contributed by atoms with Crippen molar-refractivity contribution in [2.45, 2.75) is 40.2 Å². The topological polar surface area (TPSA) is 67.5 Å². The summed E-state index contributed by atoms with van der Waals surface area (Å²) in [5.74, 6) is 0.708. The number of hydrogen-bond donors (Lipinski definition) is 3. The van der Waals surface area contributed by atoms with Gasteiger partial charge in [-0.2, -0.15) is 0 Å². The first-order valence-electron chi connectivity index (χ1n) is 6.75. The highest BCUT2D eigenvalue weighted by atomic mass is 16.5. The van der Waals surface area contributed by atoms with Crippen molar-refractivity contribution < 1.29 is 9.84 Å². The molecule has 0 aromatic heterocycles. The van der Waals surface area contributed by atoms with Crippen LogP contribution in [0, 0.1) is 5.41 Å². The van der Waals surface area contributed by atoms with Gasteiger partial charge in [0.1, 0.15) is 5.75 Å². The molecular weight excluding hydrogens is 240 g/mol. The third-order valence-corrected chi connectivity index (χ3v) is 2.94. The molecule has 0 saturated heterocycles. The van der Waals surface area contributed by atoms with Gasteiger partial charge >= 0.3 is 0 Å².